The number of ether oxygens (including phenoxy) is 5. The molecular weight excluding hydrogens is 568 g/mol. The zero-order valence-electron chi connectivity index (χ0n) is 24.8. The predicted octanol–water partition coefficient (Wildman–Crippen LogP) is 7.44. The SMILES string of the molecule is C=CC(=O)Oc1ccc(OC(=O)C2CC3(OC)c4ccccc4C2(OC)c2ccc(Oc4ccccc4)cc23)c2ccccc12. The normalized spacial score (nSPS) is 21.0. The Hall–Kier alpha value is -5.24. The minimum atomic E-state index is -1.15. The summed E-state index contributed by atoms with van der Waals surface area (Å²) in [5.41, 5.74) is 1.36. The second-order valence-electron chi connectivity index (χ2n) is 11.0. The number of fused-ring (bicyclic) bond motifs is 2. The van der Waals surface area contributed by atoms with Crippen molar-refractivity contribution in [2.24, 2.45) is 5.92 Å². The Labute approximate surface area is 260 Å². The molecule has 0 aliphatic heterocycles. The summed E-state index contributed by atoms with van der Waals surface area (Å²) in [6, 6.07) is 33.8. The van der Waals surface area contributed by atoms with Crippen molar-refractivity contribution in [2.75, 3.05) is 14.2 Å². The summed E-state index contributed by atoms with van der Waals surface area (Å²) in [5, 5.41) is 1.25. The van der Waals surface area contributed by atoms with Crippen LogP contribution in [0.2, 0.25) is 0 Å². The minimum Gasteiger partial charge on any atom is -0.457 e. The van der Waals surface area contributed by atoms with Gasteiger partial charge < -0.3 is 23.7 Å². The molecule has 7 nitrogen and oxygen atoms in total. The van der Waals surface area contributed by atoms with Crippen LogP contribution in [0.25, 0.3) is 10.8 Å². The number of para-hydroxylation sites is 1. The summed E-state index contributed by atoms with van der Waals surface area (Å²) in [4.78, 5) is 26.3. The molecule has 3 atom stereocenters. The Morgan fingerprint density at radius 3 is 1.98 bits per heavy atom. The quantitative estimate of drug-likeness (QED) is 0.104. The smallest absolute Gasteiger partial charge is 0.335 e. The van der Waals surface area contributed by atoms with Gasteiger partial charge in [0.2, 0.25) is 0 Å². The number of methoxy groups -OCH3 is 2. The molecule has 45 heavy (non-hydrogen) atoms. The molecule has 0 aromatic heterocycles. The highest BCUT2D eigenvalue weighted by Gasteiger charge is 2.64. The zero-order chi connectivity index (χ0) is 31.2. The second-order valence-corrected chi connectivity index (χ2v) is 11.0. The van der Waals surface area contributed by atoms with Crippen LogP contribution in [0.3, 0.4) is 0 Å². The first kappa shape index (κ1) is 28.5. The van der Waals surface area contributed by atoms with Crippen molar-refractivity contribution in [1.29, 1.82) is 0 Å². The van der Waals surface area contributed by atoms with E-state index in [0.717, 1.165) is 28.3 Å². The molecule has 0 saturated carbocycles. The fourth-order valence-electron chi connectivity index (χ4n) is 7.01. The highest BCUT2D eigenvalue weighted by molar-refractivity contribution is 5.97. The Balaban J connectivity index is 1.33. The van der Waals surface area contributed by atoms with Crippen molar-refractivity contribution in [3.63, 3.8) is 0 Å². The molecule has 5 aromatic carbocycles. The van der Waals surface area contributed by atoms with E-state index in [0.29, 0.717) is 33.8 Å². The van der Waals surface area contributed by atoms with Gasteiger partial charge in [0.15, 0.2) is 0 Å². The van der Waals surface area contributed by atoms with Crippen LogP contribution in [0, 0.1) is 5.92 Å². The number of hydrogen-bond donors (Lipinski definition) is 0. The Morgan fingerprint density at radius 1 is 0.689 bits per heavy atom. The minimum absolute atomic E-state index is 0.280. The van der Waals surface area contributed by atoms with Crippen LogP contribution in [-0.2, 0) is 30.3 Å². The molecule has 0 saturated heterocycles. The molecule has 3 unspecified atom stereocenters. The van der Waals surface area contributed by atoms with Crippen molar-refractivity contribution < 1.29 is 33.3 Å². The van der Waals surface area contributed by atoms with E-state index in [9.17, 15) is 9.59 Å². The van der Waals surface area contributed by atoms with Gasteiger partial charge in [0.25, 0.3) is 0 Å². The third-order valence-electron chi connectivity index (χ3n) is 8.94. The number of carbonyl (C=O) groups excluding carboxylic acids is 2. The van der Waals surface area contributed by atoms with E-state index in [4.69, 9.17) is 23.7 Å². The van der Waals surface area contributed by atoms with E-state index in [2.05, 4.69) is 6.58 Å². The highest BCUT2D eigenvalue weighted by Crippen LogP contribution is 2.63. The number of carbonyl (C=O) groups is 2. The van der Waals surface area contributed by atoms with Crippen LogP contribution < -0.4 is 14.2 Å². The van der Waals surface area contributed by atoms with Crippen LogP contribution >= 0.6 is 0 Å². The molecule has 0 amide bonds. The lowest BCUT2D eigenvalue weighted by atomic mass is 9.54. The van der Waals surface area contributed by atoms with Gasteiger partial charge in [0.05, 0.1) is 5.92 Å². The second kappa shape index (κ2) is 11.0. The lowest BCUT2D eigenvalue weighted by molar-refractivity contribution is -0.164. The van der Waals surface area contributed by atoms with Gasteiger partial charge in [-0.25, -0.2) is 4.79 Å². The Kier molecular flexibility index (Phi) is 7.00. The van der Waals surface area contributed by atoms with Gasteiger partial charge >= 0.3 is 11.9 Å². The molecule has 8 rings (SSSR count). The van der Waals surface area contributed by atoms with Crippen molar-refractivity contribution in [3.8, 4) is 23.0 Å². The average Bonchev–Trinajstić information content (AvgIpc) is 3.09. The summed E-state index contributed by atoms with van der Waals surface area (Å²) < 4.78 is 30.7. The molecule has 5 aromatic rings. The highest BCUT2D eigenvalue weighted by atomic mass is 16.5. The van der Waals surface area contributed by atoms with E-state index in [1.165, 1.54) is 0 Å². The standard InChI is InChI=1S/C38H30O7/c1-4-35(39)44-33-20-21-34(27-15-9-8-14-26(27)33)45-36(40)32-23-37(41-2)28-16-10-11-17-29(28)38(32,42-3)30-19-18-25(22-31(30)37)43-24-12-6-5-7-13-24/h4-22,32H,1,23H2,2-3H3. The van der Waals surface area contributed by atoms with Crippen molar-refractivity contribution in [2.45, 2.75) is 17.6 Å². The van der Waals surface area contributed by atoms with Gasteiger partial charge in [0.1, 0.15) is 34.2 Å². The maximum atomic E-state index is 14.4. The van der Waals surface area contributed by atoms with Crippen LogP contribution in [0.1, 0.15) is 28.7 Å². The molecule has 0 radical (unpaired) electrons. The fraction of sp³-hybridized carbons (Fsp3) is 0.158. The average molecular weight is 599 g/mol. The van der Waals surface area contributed by atoms with Crippen molar-refractivity contribution >= 4 is 22.7 Å². The Bertz CT molecular complexity index is 1970. The lowest BCUT2D eigenvalue weighted by Gasteiger charge is -2.56. The predicted molar refractivity (Wildman–Crippen MR) is 168 cm³/mol. The van der Waals surface area contributed by atoms with Crippen molar-refractivity contribution in [3.05, 3.63) is 144 Å². The van der Waals surface area contributed by atoms with E-state index in [1.54, 1.807) is 32.4 Å². The summed E-state index contributed by atoms with van der Waals surface area (Å²) in [6.45, 7) is 3.47. The van der Waals surface area contributed by atoms with Gasteiger partial charge in [-0.3, -0.25) is 4.79 Å². The topological polar surface area (TPSA) is 80.3 Å². The number of rotatable bonds is 8. The molecular formula is C38H30O7. The molecule has 224 valence electrons. The lowest BCUT2D eigenvalue weighted by Crippen LogP contribution is -2.59. The molecule has 0 fully saturated rings. The summed E-state index contributed by atoms with van der Waals surface area (Å²) >= 11 is 0. The van der Waals surface area contributed by atoms with E-state index in [-0.39, 0.29) is 6.42 Å². The maximum Gasteiger partial charge on any atom is 0.335 e. The number of hydrogen-bond acceptors (Lipinski definition) is 7. The monoisotopic (exact) mass is 598 g/mol. The fourth-order valence-corrected chi connectivity index (χ4v) is 7.01. The summed E-state index contributed by atoms with van der Waals surface area (Å²) in [6.07, 6.45) is 1.38. The van der Waals surface area contributed by atoms with E-state index in [1.807, 2.05) is 91.0 Å². The molecule has 7 heteroatoms. The van der Waals surface area contributed by atoms with Crippen LogP contribution in [0.4, 0.5) is 0 Å². The Morgan fingerprint density at radius 2 is 1.31 bits per heavy atom. The van der Waals surface area contributed by atoms with Gasteiger partial charge in [-0.15, -0.1) is 0 Å². The molecule has 2 bridgehead atoms. The van der Waals surface area contributed by atoms with Crippen LogP contribution in [0.5, 0.6) is 23.0 Å². The zero-order valence-corrected chi connectivity index (χ0v) is 24.8. The molecule has 0 N–H and O–H groups in total. The number of benzene rings is 5. The first-order chi connectivity index (χ1) is 21.9. The van der Waals surface area contributed by atoms with E-state index >= 15 is 0 Å². The maximum absolute atomic E-state index is 14.4. The first-order valence-electron chi connectivity index (χ1n) is 14.6. The molecule has 0 spiro atoms. The molecule has 3 aliphatic rings. The number of esters is 2. The van der Waals surface area contributed by atoms with Gasteiger partial charge in [-0.1, -0.05) is 79.4 Å². The van der Waals surface area contributed by atoms with Gasteiger partial charge in [-0.05, 0) is 58.7 Å². The third-order valence-corrected chi connectivity index (χ3v) is 8.94. The largest absolute Gasteiger partial charge is 0.457 e. The molecule has 0 heterocycles. The summed E-state index contributed by atoms with van der Waals surface area (Å²) in [5.74, 6) is 0.237. The van der Waals surface area contributed by atoms with Crippen LogP contribution in [-0.4, -0.2) is 26.2 Å². The molecule has 3 aliphatic carbocycles. The third kappa shape index (κ3) is 4.35. The first-order valence-corrected chi connectivity index (χ1v) is 14.6. The summed E-state index contributed by atoms with van der Waals surface area (Å²) in [7, 11) is 3.29. The van der Waals surface area contributed by atoms with Crippen LogP contribution in [0.15, 0.2) is 122 Å². The van der Waals surface area contributed by atoms with Gasteiger partial charge in [0, 0.05) is 37.5 Å². The van der Waals surface area contributed by atoms with Gasteiger partial charge in [-0.2, -0.15) is 0 Å². The van der Waals surface area contributed by atoms with E-state index < -0.39 is 29.1 Å². The van der Waals surface area contributed by atoms with Crippen molar-refractivity contribution in [1.82, 2.24) is 0 Å².